The van der Waals surface area contributed by atoms with E-state index in [1.165, 1.54) is 18.6 Å². The Hall–Kier alpha value is -2.83. The fourth-order valence-corrected chi connectivity index (χ4v) is 8.16. The zero-order chi connectivity index (χ0) is 27.1. The maximum absolute atomic E-state index is 13.8. The second kappa shape index (κ2) is 11.0. The first-order chi connectivity index (χ1) is 18.9. The summed E-state index contributed by atoms with van der Waals surface area (Å²) in [5, 5.41) is 9.00. The van der Waals surface area contributed by atoms with Crippen LogP contribution in [-0.4, -0.2) is 32.9 Å². The third-order valence-electron chi connectivity index (χ3n) is 10.2. The molecule has 3 aliphatic carbocycles. The molecule has 2 unspecified atom stereocenters. The molecule has 0 N–H and O–H groups in total. The fourth-order valence-electron chi connectivity index (χ4n) is 8.16. The van der Waals surface area contributed by atoms with Crippen LogP contribution in [0, 0.1) is 41.3 Å². The van der Waals surface area contributed by atoms with Gasteiger partial charge in [0.25, 0.3) is 0 Å². The van der Waals surface area contributed by atoms with Gasteiger partial charge < -0.3 is 4.74 Å². The molecule has 2 saturated carbocycles. The van der Waals surface area contributed by atoms with Gasteiger partial charge in [0, 0.05) is 17.4 Å². The Morgan fingerprint density at radius 3 is 2.56 bits per heavy atom. The van der Waals surface area contributed by atoms with Gasteiger partial charge in [-0.25, -0.2) is 9.07 Å². The lowest BCUT2D eigenvalue weighted by Crippen LogP contribution is -2.39. The van der Waals surface area contributed by atoms with Crippen LogP contribution < -0.4 is 0 Å². The molecular weight excluding hydrogens is 493 g/mol. The van der Waals surface area contributed by atoms with Crippen molar-refractivity contribution >= 4 is 11.8 Å². The van der Waals surface area contributed by atoms with Crippen molar-refractivity contribution in [2.75, 3.05) is 0 Å². The number of fused-ring (bicyclic) bond motifs is 5. The summed E-state index contributed by atoms with van der Waals surface area (Å²) >= 11 is 0. The number of cyclic esters (lactones) is 1. The van der Waals surface area contributed by atoms with E-state index in [1.54, 1.807) is 12.1 Å². The Kier molecular flexibility index (Phi) is 7.43. The van der Waals surface area contributed by atoms with Crippen LogP contribution >= 0.6 is 0 Å². The van der Waals surface area contributed by atoms with Crippen molar-refractivity contribution in [2.45, 2.75) is 90.2 Å². The van der Waals surface area contributed by atoms with Gasteiger partial charge in [-0.1, -0.05) is 38.0 Å². The van der Waals surface area contributed by atoms with Crippen LogP contribution in [-0.2, 0) is 14.3 Å². The molecule has 6 nitrogen and oxygen atoms in total. The molecule has 2 heterocycles. The van der Waals surface area contributed by atoms with E-state index in [9.17, 15) is 14.0 Å². The number of ketones is 1. The highest BCUT2D eigenvalue weighted by atomic mass is 19.1. The number of rotatable bonds is 3. The molecule has 7 heteroatoms. The molecule has 1 saturated heterocycles. The first kappa shape index (κ1) is 26.4. The summed E-state index contributed by atoms with van der Waals surface area (Å²) in [6.45, 7) is 4.15. The molecule has 6 rings (SSSR count). The van der Waals surface area contributed by atoms with E-state index in [0.29, 0.717) is 17.8 Å². The predicted octanol–water partition coefficient (Wildman–Crippen LogP) is 6.73. The number of halogens is 1. The third kappa shape index (κ3) is 5.09. The van der Waals surface area contributed by atoms with Crippen LogP contribution in [0.15, 0.2) is 42.1 Å². The van der Waals surface area contributed by atoms with Crippen LogP contribution in [0.25, 0.3) is 11.3 Å². The normalized spacial score (nSPS) is 35.2. The summed E-state index contributed by atoms with van der Waals surface area (Å²) in [5.74, 6) is 1.18. The number of allylic oxidation sites excluding steroid dienone is 2. The highest BCUT2D eigenvalue weighted by Gasteiger charge is 2.53. The summed E-state index contributed by atoms with van der Waals surface area (Å²) in [6, 6.07) is 6.53. The lowest BCUT2D eigenvalue weighted by atomic mass is 9.64. The van der Waals surface area contributed by atoms with E-state index in [1.807, 2.05) is 10.9 Å². The number of aromatic nitrogens is 3. The van der Waals surface area contributed by atoms with Gasteiger partial charge in [-0.15, -0.1) is 5.10 Å². The van der Waals surface area contributed by atoms with Gasteiger partial charge in [0.15, 0.2) is 5.78 Å². The molecule has 0 bridgehead atoms. The summed E-state index contributed by atoms with van der Waals surface area (Å²) in [4.78, 5) is 27.0. The van der Waals surface area contributed by atoms with E-state index >= 15 is 0 Å². The monoisotopic (exact) mass is 533 g/mol. The van der Waals surface area contributed by atoms with Crippen LogP contribution in [0.1, 0.15) is 84.1 Å². The highest BCUT2D eigenvalue weighted by Crippen LogP contribution is 2.59. The van der Waals surface area contributed by atoms with Crippen LogP contribution in [0.3, 0.4) is 0 Å². The second-order valence-corrected chi connectivity index (χ2v) is 12.4. The first-order valence-electron chi connectivity index (χ1n) is 15.1. The van der Waals surface area contributed by atoms with Crippen molar-refractivity contribution in [2.24, 2.45) is 35.5 Å². The van der Waals surface area contributed by atoms with Crippen LogP contribution in [0.4, 0.5) is 4.39 Å². The highest BCUT2D eigenvalue weighted by molar-refractivity contribution is 5.98. The first-order valence-corrected chi connectivity index (χ1v) is 15.1. The van der Waals surface area contributed by atoms with Crippen molar-refractivity contribution in [3.8, 4) is 11.3 Å². The number of benzene rings is 1. The van der Waals surface area contributed by atoms with Crippen LogP contribution in [0.5, 0.6) is 0 Å². The Morgan fingerprint density at radius 1 is 1.00 bits per heavy atom. The molecule has 1 aromatic heterocycles. The molecule has 0 spiro atoms. The number of ether oxygens (including phenoxy) is 1. The van der Waals surface area contributed by atoms with E-state index in [0.717, 1.165) is 68.2 Å². The molecule has 3 fully saturated rings. The summed E-state index contributed by atoms with van der Waals surface area (Å²) in [5.41, 5.74) is 2.47. The molecule has 208 valence electrons. The number of carbonyl (C=O) groups excluding carboxylic acids is 2. The molecule has 4 aliphatic rings. The Balaban J connectivity index is 1.31. The number of nitrogens with zero attached hydrogens (tertiary/aromatic N) is 3. The molecule has 1 aliphatic heterocycles. The lowest BCUT2D eigenvalue weighted by Gasteiger charge is -2.43. The van der Waals surface area contributed by atoms with E-state index < -0.39 is 0 Å². The number of hydrogen-bond donors (Lipinski definition) is 0. The lowest BCUT2D eigenvalue weighted by molar-refractivity contribution is -0.151. The minimum absolute atomic E-state index is 0.0156. The zero-order valence-corrected chi connectivity index (χ0v) is 23.1. The minimum atomic E-state index is -0.271. The van der Waals surface area contributed by atoms with Gasteiger partial charge in [-0.3, -0.25) is 9.59 Å². The van der Waals surface area contributed by atoms with Gasteiger partial charge in [0.05, 0.1) is 18.7 Å². The minimum Gasteiger partial charge on any atom is -0.462 e. The van der Waals surface area contributed by atoms with Gasteiger partial charge in [0.2, 0.25) is 0 Å². The molecular formula is C32H40FN3O3. The van der Waals surface area contributed by atoms with Crippen molar-refractivity contribution < 1.29 is 18.7 Å². The van der Waals surface area contributed by atoms with Gasteiger partial charge >= 0.3 is 5.97 Å². The molecule has 0 amide bonds. The molecule has 0 radical (unpaired) electrons. The van der Waals surface area contributed by atoms with Crippen molar-refractivity contribution in [1.29, 1.82) is 0 Å². The molecule has 8 atom stereocenters. The van der Waals surface area contributed by atoms with Gasteiger partial charge in [-0.2, -0.15) is 0 Å². The number of esters is 1. The zero-order valence-electron chi connectivity index (χ0n) is 23.1. The smallest absolute Gasteiger partial charge is 0.306 e. The number of Topliss-reactive ketones (excluding diaryl/α,β-unsaturated/α-hetero) is 1. The topological polar surface area (TPSA) is 74.1 Å². The summed E-state index contributed by atoms with van der Waals surface area (Å²) < 4.78 is 21.4. The van der Waals surface area contributed by atoms with Crippen molar-refractivity contribution in [1.82, 2.24) is 15.0 Å². The molecule has 39 heavy (non-hydrogen) atoms. The van der Waals surface area contributed by atoms with E-state index in [4.69, 9.17) is 4.74 Å². The maximum Gasteiger partial charge on any atom is 0.306 e. The Morgan fingerprint density at radius 2 is 1.77 bits per heavy atom. The van der Waals surface area contributed by atoms with Gasteiger partial charge in [-0.05, 0) is 98.5 Å². The van der Waals surface area contributed by atoms with E-state index in [2.05, 4.69) is 30.2 Å². The number of hydrogen-bond acceptors (Lipinski definition) is 5. The average Bonchev–Trinajstić information content (AvgIpc) is 3.68. The standard InChI is InChI=1S/C32H40FN3O3/c1-3-22-8-5-4-7-19(2)32(38)28-15-25-23-9-6-10-24(23)30(16-26(25)27(28)17-31(37)39-22)36-18-29(34-35-36)20-11-13-21(33)14-12-20/h11-15,18-19,22-27,30H,3-10,16-17H2,1-2H3/t19-,22+,23-,24?,25?,26-,27+,30-/m1/s1. The van der Waals surface area contributed by atoms with Crippen LogP contribution in [0.2, 0.25) is 0 Å². The quantitative estimate of drug-likeness (QED) is 0.409. The van der Waals surface area contributed by atoms with Crippen molar-refractivity contribution in [3.63, 3.8) is 0 Å². The van der Waals surface area contributed by atoms with E-state index in [-0.39, 0.29) is 53.9 Å². The summed E-state index contributed by atoms with van der Waals surface area (Å²) in [7, 11) is 0. The second-order valence-electron chi connectivity index (χ2n) is 12.4. The predicted molar refractivity (Wildman–Crippen MR) is 146 cm³/mol. The molecule has 1 aromatic carbocycles. The van der Waals surface area contributed by atoms with Crippen molar-refractivity contribution in [3.05, 3.63) is 47.9 Å². The number of carbonyl (C=O) groups is 2. The third-order valence-corrected chi connectivity index (χ3v) is 10.2. The Labute approximate surface area is 230 Å². The van der Waals surface area contributed by atoms with Gasteiger partial charge in [0.1, 0.15) is 17.6 Å². The summed E-state index contributed by atoms with van der Waals surface area (Å²) in [6.07, 6.45) is 13.4. The SMILES string of the molecule is CC[C@H]1CCCC[C@@H](C)C(=O)C2=CC3[C@@H]4CCCC4[C@H](n4cc(-c5ccc(F)cc5)nn4)C[C@H]3[C@@H]2CC(=O)O1. The maximum atomic E-state index is 13.8. The largest absolute Gasteiger partial charge is 0.462 e. The average molecular weight is 534 g/mol. The molecule has 2 aromatic rings. The Bertz CT molecular complexity index is 1240. The fraction of sp³-hybridized carbons (Fsp3) is 0.625.